The number of piperazine rings is 2. The van der Waals surface area contributed by atoms with Crippen molar-refractivity contribution < 1.29 is 35.5 Å². The first kappa shape index (κ1) is 46.3. The maximum atomic E-state index is 14.0. The Morgan fingerprint density at radius 1 is 0.700 bits per heavy atom. The second-order valence-electron chi connectivity index (χ2n) is 16.3. The van der Waals surface area contributed by atoms with Gasteiger partial charge in [-0.1, -0.05) is 27.7 Å². The van der Waals surface area contributed by atoms with Crippen LogP contribution in [0.4, 0.5) is 32.1 Å². The van der Waals surface area contributed by atoms with E-state index in [0.717, 1.165) is 18.2 Å². The summed E-state index contributed by atoms with van der Waals surface area (Å²) < 4.78 is 75.6. The highest BCUT2D eigenvalue weighted by molar-refractivity contribution is 7.91. The molecule has 2 saturated heterocycles. The number of rotatable bonds is 10. The number of hydrogen-bond acceptors (Lipinski definition) is 14. The van der Waals surface area contributed by atoms with Gasteiger partial charge in [-0.3, -0.25) is 4.79 Å². The van der Waals surface area contributed by atoms with Gasteiger partial charge in [0.1, 0.15) is 21.4 Å². The molecule has 1 N–H and O–H groups in total. The van der Waals surface area contributed by atoms with Crippen molar-refractivity contribution in [3.63, 3.8) is 0 Å². The molecule has 4 aromatic rings. The molecule has 4 heterocycles. The molecule has 2 aliphatic rings. The molecule has 1 unspecified atom stereocenters. The number of benzene rings is 2. The van der Waals surface area contributed by atoms with Crippen LogP contribution < -0.4 is 19.6 Å². The van der Waals surface area contributed by atoms with E-state index >= 15 is 0 Å². The maximum absolute atomic E-state index is 14.0. The lowest BCUT2D eigenvalue weighted by atomic mass is 9.99. The summed E-state index contributed by atoms with van der Waals surface area (Å²) in [5.74, 6) is 0.194. The second kappa shape index (κ2) is 18.4. The number of aryl methyl sites for hydroxylation is 2. The summed E-state index contributed by atoms with van der Waals surface area (Å²) in [5.41, 5.74) is 3.97. The minimum absolute atomic E-state index is 0.0630. The first-order valence-corrected chi connectivity index (χ1v) is 23.6. The summed E-state index contributed by atoms with van der Waals surface area (Å²) in [7, 11) is -7.30. The molecule has 0 bridgehead atoms. The molecule has 0 saturated carbocycles. The van der Waals surface area contributed by atoms with Gasteiger partial charge < -0.3 is 24.7 Å². The molecule has 2 aliphatic heterocycles. The van der Waals surface area contributed by atoms with Gasteiger partial charge in [0.25, 0.3) is 0 Å². The lowest BCUT2D eigenvalue weighted by molar-refractivity contribution is 0.101. The van der Waals surface area contributed by atoms with Gasteiger partial charge in [-0.15, -0.1) is 0 Å². The zero-order valence-corrected chi connectivity index (χ0v) is 37.5. The smallest absolute Gasteiger partial charge is 0.225 e. The number of hydrogen-bond donors (Lipinski definition) is 1. The minimum Gasteiger partial charge on any atom is -0.389 e. The number of nitrogens with zero attached hydrogens (tertiary/aromatic N) is 8. The molecular weight excluding hydrogens is 815 g/mol. The fraction of sp³-hybridized carbons (Fsp3) is 0.500. The largest absolute Gasteiger partial charge is 0.389 e. The number of carbonyl (C=O) groups is 1. The highest BCUT2D eigenvalue weighted by atomic mass is 32.2. The number of halogens is 2. The average molecular weight is 871 g/mol. The molecule has 3 atom stereocenters. The summed E-state index contributed by atoms with van der Waals surface area (Å²) in [6.45, 7) is 19.0. The number of aliphatic hydroxyl groups excluding tert-OH is 1. The molecule has 0 amide bonds. The van der Waals surface area contributed by atoms with E-state index in [9.17, 15) is 35.5 Å². The van der Waals surface area contributed by atoms with Crippen molar-refractivity contribution in [2.45, 2.75) is 83.4 Å². The van der Waals surface area contributed by atoms with Crippen LogP contribution in [0.3, 0.4) is 0 Å². The summed E-state index contributed by atoms with van der Waals surface area (Å²) in [6.07, 6.45) is 4.64. The standard InChI is InChI=1S/C21H29FN4O3S.C21H27FN4O3S/c2*1-13(2)19-12-25(16-6-7-18(22)20(10-16)30(5,28)29)8-9-26(19)21-23-11-17(15(4)27)14(3)24-21/h6-7,10-11,13,15,19,27H,8-9,12H2,1-5H3;6-7,10-11,13,19H,8-9,12H2,1-5H3/t15?,19-;19-/m00/s1. The highest BCUT2D eigenvalue weighted by Gasteiger charge is 2.34. The monoisotopic (exact) mass is 870 g/mol. The fourth-order valence-corrected chi connectivity index (χ4v) is 9.14. The van der Waals surface area contributed by atoms with Gasteiger partial charge >= 0.3 is 0 Å². The Labute approximate surface area is 352 Å². The third kappa shape index (κ3) is 10.5. The first-order chi connectivity index (χ1) is 28.0. The number of aliphatic hydroxyl groups is 1. The van der Waals surface area contributed by atoms with E-state index in [4.69, 9.17) is 0 Å². The molecule has 0 radical (unpaired) electrons. The Bertz CT molecular complexity index is 2430. The van der Waals surface area contributed by atoms with Gasteiger partial charge in [-0.25, -0.2) is 45.6 Å². The van der Waals surface area contributed by atoms with Crippen molar-refractivity contribution in [3.8, 4) is 0 Å². The minimum atomic E-state index is -3.65. The van der Waals surface area contributed by atoms with Crippen LogP contribution in [0.5, 0.6) is 0 Å². The van der Waals surface area contributed by atoms with E-state index in [2.05, 4.69) is 67.2 Å². The van der Waals surface area contributed by atoms with Crippen LogP contribution in [0.25, 0.3) is 0 Å². The van der Waals surface area contributed by atoms with Gasteiger partial charge in [0.15, 0.2) is 25.5 Å². The van der Waals surface area contributed by atoms with Crippen molar-refractivity contribution >= 4 is 48.7 Å². The van der Waals surface area contributed by atoms with Crippen LogP contribution in [0.1, 0.15) is 75.0 Å². The summed E-state index contributed by atoms with van der Waals surface area (Å²) in [5, 5.41) is 9.84. The Hall–Kier alpha value is -4.81. The van der Waals surface area contributed by atoms with Gasteiger partial charge in [0.05, 0.1) is 29.4 Å². The van der Waals surface area contributed by atoms with Crippen LogP contribution in [0.15, 0.2) is 58.6 Å². The Kier molecular flexibility index (Phi) is 14.2. The second-order valence-corrected chi connectivity index (χ2v) is 20.3. The molecule has 0 spiro atoms. The maximum Gasteiger partial charge on any atom is 0.225 e. The van der Waals surface area contributed by atoms with E-state index in [1.54, 1.807) is 38.4 Å². The van der Waals surface area contributed by atoms with Crippen LogP contribution in [0.2, 0.25) is 0 Å². The molecule has 326 valence electrons. The fourth-order valence-electron chi connectivity index (χ4n) is 7.62. The number of sulfone groups is 2. The highest BCUT2D eigenvalue weighted by Crippen LogP contribution is 2.31. The SMILES string of the molecule is CC(=O)c1cnc(N2CCN(c3ccc(F)c(S(C)(=O)=O)c3)C[C@H]2C(C)C)nc1C.Cc1nc(N2CCN(c3ccc(F)c(S(C)(=O)=O)c3)C[C@H]2C(C)C)ncc1C(C)O. The quantitative estimate of drug-likeness (QED) is 0.195. The third-order valence-corrected chi connectivity index (χ3v) is 13.3. The topological polar surface area (TPSA) is 170 Å². The van der Waals surface area contributed by atoms with Crippen LogP contribution in [-0.4, -0.2) is 112 Å². The molecule has 18 heteroatoms. The molecular formula is C42H56F2N8O6S2. The third-order valence-electron chi connectivity index (χ3n) is 11.0. The van der Waals surface area contributed by atoms with Crippen molar-refractivity contribution in [2.75, 3.05) is 71.4 Å². The molecule has 60 heavy (non-hydrogen) atoms. The number of ketones is 1. The summed E-state index contributed by atoms with van der Waals surface area (Å²) >= 11 is 0. The van der Waals surface area contributed by atoms with E-state index < -0.39 is 37.4 Å². The number of aromatic nitrogens is 4. The van der Waals surface area contributed by atoms with Crippen LogP contribution in [0, 0.1) is 37.3 Å². The van der Waals surface area contributed by atoms with Gasteiger partial charge in [0, 0.05) is 86.8 Å². The molecule has 2 fully saturated rings. The van der Waals surface area contributed by atoms with Gasteiger partial charge in [0.2, 0.25) is 11.9 Å². The lowest BCUT2D eigenvalue weighted by Gasteiger charge is -2.44. The first-order valence-electron chi connectivity index (χ1n) is 19.9. The Morgan fingerprint density at radius 2 is 1.12 bits per heavy atom. The Morgan fingerprint density at radius 3 is 1.47 bits per heavy atom. The molecule has 2 aromatic heterocycles. The lowest BCUT2D eigenvalue weighted by Crippen LogP contribution is -2.56. The number of carbonyl (C=O) groups excluding carboxylic acids is 1. The van der Waals surface area contributed by atoms with E-state index in [1.807, 2.05) is 6.92 Å². The van der Waals surface area contributed by atoms with Crippen molar-refractivity contribution in [1.82, 2.24) is 19.9 Å². The summed E-state index contributed by atoms with van der Waals surface area (Å²) in [6, 6.07) is 8.61. The molecule has 2 aromatic carbocycles. The molecule has 0 aliphatic carbocycles. The Balaban J connectivity index is 0.000000228. The van der Waals surface area contributed by atoms with Gasteiger partial charge in [-0.05, 0) is 75.9 Å². The molecule has 6 rings (SSSR count). The predicted molar refractivity (Wildman–Crippen MR) is 230 cm³/mol. The summed E-state index contributed by atoms with van der Waals surface area (Å²) in [4.78, 5) is 37.6. The number of anilines is 4. The van der Waals surface area contributed by atoms with E-state index in [1.165, 1.54) is 31.2 Å². The molecule has 14 nitrogen and oxygen atoms in total. The zero-order valence-electron chi connectivity index (χ0n) is 35.9. The van der Waals surface area contributed by atoms with Crippen LogP contribution >= 0.6 is 0 Å². The predicted octanol–water partition coefficient (Wildman–Crippen LogP) is 5.61. The van der Waals surface area contributed by atoms with Crippen LogP contribution in [-0.2, 0) is 19.7 Å². The van der Waals surface area contributed by atoms with Crippen molar-refractivity contribution in [1.29, 1.82) is 0 Å². The van der Waals surface area contributed by atoms with E-state index in [0.29, 0.717) is 79.4 Å². The van der Waals surface area contributed by atoms with Crippen molar-refractivity contribution in [2.24, 2.45) is 11.8 Å². The average Bonchev–Trinajstić information content (AvgIpc) is 3.16. The van der Waals surface area contributed by atoms with Crippen molar-refractivity contribution in [3.05, 3.63) is 82.9 Å². The van der Waals surface area contributed by atoms with Gasteiger partial charge in [-0.2, -0.15) is 0 Å². The number of Topliss-reactive ketones (excluding diaryl/α,β-unsaturated/α-hetero) is 1. The zero-order chi connectivity index (χ0) is 44.4. The normalized spacial score (nSPS) is 18.1. The van der Waals surface area contributed by atoms with E-state index in [-0.39, 0.29) is 39.5 Å².